The summed E-state index contributed by atoms with van der Waals surface area (Å²) in [5.74, 6) is 1.70. The van der Waals surface area contributed by atoms with Crippen molar-refractivity contribution in [2.45, 2.75) is 25.9 Å². The van der Waals surface area contributed by atoms with Gasteiger partial charge in [0.15, 0.2) is 5.17 Å². The molecule has 1 aliphatic rings. The van der Waals surface area contributed by atoms with Crippen LogP contribution < -0.4 is 10.5 Å². The number of nitrogens with zero attached hydrogens (tertiary/aromatic N) is 1. The summed E-state index contributed by atoms with van der Waals surface area (Å²) in [7, 11) is 0. The Balaban J connectivity index is 1.61. The van der Waals surface area contributed by atoms with Crippen LogP contribution >= 0.6 is 11.8 Å². The zero-order valence-corrected chi connectivity index (χ0v) is 12.7. The number of benzene rings is 1. The molecular formula is C15H22N2O2S. The summed E-state index contributed by atoms with van der Waals surface area (Å²) in [5.41, 5.74) is 7.06. The number of hydrogen-bond donors (Lipinski definition) is 1. The monoisotopic (exact) mass is 294 g/mol. The molecule has 4 nitrogen and oxygen atoms in total. The molecule has 0 spiro atoms. The van der Waals surface area contributed by atoms with Crippen LogP contribution in [0.3, 0.4) is 0 Å². The van der Waals surface area contributed by atoms with Crippen molar-refractivity contribution >= 4 is 16.9 Å². The highest BCUT2D eigenvalue weighted by atomic mass is 32.2. The van der Waals surface area contributed by atoms with E-state index in [1.54, 1.807) is 0 Å². The van der Waals surface area contributed by atoms with Gasteiger partial charge in [-0.2, -0.15) is 0 Å². The molecule has 1 saturated heterocycles. The lowest BCUT2D eigenvalue weighted by Crippen LogP contribution is -2.15. The first-order chi connectivity index (χ1) is 9.74. The van der Waals surface area contributed by atoms with Crippen molar-refractivity contribution in [3.05, 3.63) is 29.8 Å². The number of hydrogen-bond acceptors (Lipinski definition) is 4. The molecule has 1 atom stereocenters. The molecule has 2 rings (SSSR count). The minimum absolute atomic E-state index is 0.262. The molecule has 110 valence electrons. The van der Waals surface area contributed by atoms with Gasteiger partial charge in [0.25, 0.3) is 0 Å². The van der Waals surface area contributed by atoms with Crippen molar-refractivity contribution < 1.29 is 9.47 Å². The van der Waals surface area contributed by atoms with Gasteiger partial charge in [-0.05, 0) is 37.5 Å². The SMILES string of the molecule is Cc1cccc(OCCSC(N)=NC[C@H]2CCCO2)c1. The summed E-state index contributed by atoms with van der Waals surface area (Å²) in [4.78, 5) is 4.34. The first-order valence-corrected chi connectivity index (χ1v) is 7.96. The number of amidine groups is 1. The van der Waals surface area contributed by atoms with E-state index in [9.17, 15) is 0 Å². The van der Waals surface area contributed by atoms with Crippen LogP contribution in [0.25, 0.3) is 0 Å². The van der Waals surface area contributed by atoms with E-state index >= 15 is 0 Å². The average Bonchev–Trinajstić information content (AvgIpc) is 2.95. The molecule has 0 bridgehead atoms. The summed E-state index contributed by atoms with van der Waals surface area (Å²) in [6.07, 6.45) is 2.49. The van der Waals surface area contributed by atoms with Crippen LogP contribution in [0.5, 0.6) is 5.75 Å². The third-order valence-electron chi connectivity index (χ3n) is 3.07. The molecule has 0 unspecified atom stereocenters. The first-order valence-electron chi connectivity index (χ1n) is 6.98. The maximum absolute atomic E-state index is 5.86. The fraction of sp³-hybridized carbons (Fsp3) is 0.533. The predicted molar refractivity (Wildman–Crippen MR) is 84.6 cm³/mol. The summed E-state index contributed by atoms with van der Waals surface area (Å²) < 4.78 is 11.2. The average molecular weight is 294 g/mol. The van der Waals surface area contributed by atoms with Gasteiger partial charge in [0, 0.05) is 12.4 Å². The first kappa shape index (κ1) is 15.2. The minimum Gasteiger partial charge on any atom is -0.493 e. The van der Waals surface area contributed by atoms with E-state index in [1.807, 2.05) is 18.2 Å². The van der Waals surface area contributed by atoms with Crippen molar-refractivity contribution in [1.82, 2.24) is 0 Å². The van der Waals surface area contributed by atoms with Crippen molar-refractivity contribution in [1.29, 1.82) is 0 Å². The van der Waals surface area contributed by atoms with Gasteiger partial charge in [0.05, 0.1) is 19.3 Å². The van der Waals surface area contributed by atoms with Crippen LogP contribution in [0, 0.1) is 6.92 Å². The van der Waals surface area contributed by atoms with E-state index in [2.05, 4.69) is 18.0 Å². The molecule has 1 fully saturated rings. The van der Waals surface area contributed by atoms with Crippen LogP contribution in [-0.2, 0) is 4.74 Å². The van der Waals surface area contributed by atoms with Gasteiger partial charge in [0.1, 0.15) is 5.75 Å². The zero-order chi connectivity index (χ0) is 14.2. The van der Waals surface area contributed by atoms with E-state index < -0.39 is 0 Å². The molecule has 0 aliphatic carbocycles. The second-order valence-corrected chi connectivity index (χ2v) is 5.94. The molecule has 1 aliphatic heterocycles. The minimum atomic E-state index is 0.262. The number of aliphatic imine (C=N–C) groups is 1. The second-order valence-electron chi connectivity index (χ2n) is 4.83. The van der Waals surface area contributed by atoms with Gasteiger partial charge in [-0.1, -0.05) is 23.9 Å². The van der Waals surface area contributed by atoms with Crippen molar-refractivity contribution in [3.63, 3.8) is 0 Å². The fourth-order valence-electron chi connectivity index (χ4n) is 2.04. The third kappa shape index (κ3) is 5.43. The maximum Gasteiger partial charge on any atom is 0.154 e. The number of aryl methyl sites for hydroxylation is 1. The summed E-state index contributed by atoms with van der Waals surface area (Å²) in [6.45, 7) is 4.22. The number of nitrogens with two attached hydrogens (primary N) is 1. The van der Waals surface area contributed by atoms with Gasteiger partial charge in [0.2, 0.25) is 0 Å². The highest BCUT2D eigenvalue weighted by molar-refractivity contribution is 8.13. The number of thioether (sulfide) groups is 1. The smallest absolute Gasteiger partial charge is 0.154 e. The van der Waals surface area contributed by atoms with Gasteiger partial charge >= 0.3 is 0 Å². The fourth-order valence-corrected chi connectivity index (χ4v) is 2.58. The Hall–Kier alpha value is -1.20. The highest BCUT2D eigenvalue weighted by Gasteiger charge is 2.14. The second kappa shape index (κ2) is 8.17. The Bertz CT molecular complexity index is 445. The molecule has 1 aromatic carbocycles. The molecule has 0 radical (unpaired) electrons. The largest absolute Gasteiger partial charge is 0.493 e. The number of rotatable bonds is 6. The topological polar surface area (TPSA) is 56.8 Å². The van der Waals surface area contributed by atoms with Crippen LogP contribution in [0.4, 0.5) is 0 Å². The molecule has 5 heteroatoms. The Morgan fingerprint density at radius 2 is 2.45 bits per heavy atom. The van der Waals surface area contributed by atoms with E-state index in [-0.39, 0.29) is 6.10 Å². The Kier molecular flexibility index (Phi) is 6.21. The molecule has 0 saturated carbocycles. The van der Waals surface area contributed by atoms with E-state index in [0.717, 1.165) is 31.0 Å². The van der Waals surface area contributed by atoms with Crippen LogP contribution in [-0.4, -0.2) is 36.8 Å². The summed E-state index contributed by atoms with van der Waals surface area (Å²) in [5, 5.41) is 0.619. The third-order valence-corrected chi connectivity index (χ3v) is 3.86. The van der Waals surface area contributed by atoms with E-state index in [4.69, 9.17) is 15.2 Å². The van der Waals surface area contributed by atoms with Crippen LogP contribution in [0.15, 0.2) is 29.3 Å². The number of ether oxygens (including phenoxy) is 2. The van der Waals surface area contributed by atoms with Crippen LogP contribution in [0.2, 0.25) is 0 Å². The van der Waals surface area contributed by atoms with Gasteiger partial charge < -0.3 is 15.2 Å². The molecule has 0 aromatic heterocycles. The molecular weight excluding hydrogens is 272 g/mol. The van der Waals surface area contributed by atoms with Crippen molar-refractivity contribution in [2.24, 2.45) is 10.7 Å². The van der Waals surface area contributed by atoms with E-state index in [0.29, 0.717) is 18.3 Å². The Morgan fingerprint density at radius 1 is 1.55 bits per heavy atom. The van der Waals surface area contributed by atoms with E-state index in [1.165, 1.54) is 17.3 Å². The van der Waals surface area contributed by atoms with Gasteiger partial charge in [-0.25, -0.2) is 0 Å². The standard InChI is InChI=1S/C15H22N2O2S/c1-12-4-2-5-13(10-12)19-8-9-20-15(16)17-11-14-6-3-7-18-14/h2,4-5,10,14H,3,6-9,11H2,1H3,(H2,16,17)/t14-/m1/s1. The summed E-state index contributed by atoms with van der Waals surface area (Å²) >= 11 is 1.53. The molecule has 1 heterocycles. The summed E-state index contributed by atoms with van der Waals surface area (Å²) in [6, 6.07) is 8.04. The molecule has 1 aromatic rings. The zero-order valence-electron chi connectivity index (χ0n) is 11.9. The Morgan fingerprint density at radius 3 is 3.20 bits per heavy atom. The van der Waals surface area contributed by atoms with Crippen molar-refractivity contribution in [3.8, 4) is 5.75 Å². The van der Waals surface area contributed by atoms with Gasteiger partial charge in [-0.3, -0.25) is 4.99 Å². The maximum atomic E-state index is 5.86. The normalized spacial score (nSPS) is 19.2. The lowest BCUT2D eigenvalue weighted by atomic mass is 10.2. The Labute approximate surface area is 124 Å². The molecule has 0 amide bonds. The lowest BCUT2D eigenvalue weighted by Gasteiger charge is -2.08. The van der Waals surface area contributed by atoms with Crippen molar-refractivity contribution in [2.75, 3.05) is 25.5 Å². The van der Waals surface area contributed by atoms with Gasteiger partial charge in [-0.15, -0.1) is 0 Å². The highest BCUT2D eigenvalue weighted by Crippen LogP contribution is 2.14. The lowest BCUT2D eigenvalue weighted by molar-refractivity contribution is 0.118. The predicted octanol–water partition coefficient (Wildman–Crippen LogP) is 2.60. The quantitative estimate of drug-likeness (QED) is 0.498. The van der Waals surface area contributed by atoms with Crippen LogP contribution in [0.1, 0.15) is 18.4 Å². The molecule has 20 heavy (non-hydrogen) atoms. The molecule has 2 N–H and O–H groups in total.